The van der Waals surface area contributed by atoms with Gasteiger partial charge in [-0.3, -0.25) is 18.8 Å². The van der Waals surface area contributed by atoms with Crippen LogP contribution in [0.25, 0.3) is 28.6 Å². The summed E-state index contributed by atoms with van der Waals surface area (Å²) < 4.78 is 5.03. The van der Waals surface area contributed by atoms with Crippen LogP contribution in [-0.2, 0) is 13.6 Å². The lowest BCUT2D eigenvalue weighted by Gasteiger charge is -2.21. The number of hydrogen-bond donors (Lipinski definition) is 2. The van der Waals surface area contributed by atoms with Crippen LogP contribution in [0.5, 0.6) is 0 Å². The molecule has 5 aromatic rings. The van der Waals surface area contributed by atoms with Crippen molar-refractivity contribution in [3.8, 4) is 5.69 Å². The number of nitrogens with two attached hydrogens (primary N) is 1. The van der Waals surface area contributed by atoms with Crippen molar-refractivity contribution in [3.05, 3.63) is 99.7 Å². The number of carbonyl (C=O) groups excluding carboxylic acids is 1. The third-order valence-electron chi connectivity index (χ3n) is 6.94. The number of nitrogens with one attached hydrogen (secondary N) is 1. The fourth-order valence-corrected chi connectivity index (χ4v) is 5.06. The minimum atomic E-state index is -0.542. The first-order valence-corrected chi connectivity index (χ1v) is 13.0. The zero-order valence-electron chi connectivity index (χ0n) is 22.2. The zero-order chi connectivity index (χ0) is 27.8. The number of nitrogens with zero attached hydrogens (tertiary/aromatic N) is 6. The zero-order valence-corrected chi connectivity index (χ0v) is 22.2. The van der Waals surface area contributed by atoms with E-state index in [1.165, 1.54) is 0 Å². The van der Waals surface area contributed by atoms with Gasteiger partial charge in [-0.2, -0.15) is 10.2 Å². The first-order valence-electron chi connectivity index (χ1n) is 13.0. The van der Waals surface area contributed by atoms with Crippen LogP contribution in [0.15, 0.2) is 76.6 Å². The van der Waals surface area contributed by atoms with Crippen molar-refractivity contribution in [2.24, 2.45) is 12.0 Å². The Hall–Kier alpha value is -5.25. The third kappa shape index (κ3) is 4.49. The first kappa shape index (κ1) is 25.1. The maximum Gasteiger partial charge on any atom is 0.263 e. The Kier molecular flexibility index (Phi) is 6.35. The molecule has 1 aliphatic rings. The van der Waals surface area contributed by atoms with E-state index in [0.717, 1.165) is 23.1 Å². The van der Waals surface area contributed by atoms with Crippen molar-refractivity contribution in [1.29, 1.82) is 0 Å². The van der Waals surface area contributed by atoms with Crippen LogP contribution in [0, 0.1) is 0 Å². The number of rotatable bonds is 6. The largest absolute Gasteiger partial charge is 0.381 e. The number of nitrogen functional groups attached to an aromatic ring is 1. The van der Waals surface area contributed by atoms with Gasteiger partial charge in [0.05, 0.1) is 17.1 Å². The number of aryl methyl sites for hydroxylation is 2. The monoisotopic (exact) mass is 532 g/mol. The maximum atomic E-state index is 14.2. The predicted octanol–water partition coefficient (Wildman–Crippen LogP) is 4.27. The Labute approximate surface area is 230 Å². The van der Waals surface area contributed by atoms with E-state index < -0.39 is 11.9 Å². The van der Waals surface area contributed by atoms with Gasteiger partial charge in [-0.15, -0.1) is 0 Å². The summed E-state index contributed by atoms with van der Waals surface area (Å²) in [6, 6.07) is 18.4. The molecule has 10 heteroatoms. The summed E-state index contributed by atoms with van der Waals surface area (Å²) in [4.78, 5) is 32.0. The molecule has 6 rings (SSSR count). The Balaban J connectivity index is 1.45. The van der Waals surface area contributed by atoms with Crippen LogP contribution in [0.3, 0.4) is 0 Å². The van der Waals surface area contributed by atoms with Gasteiger partial charge in [-0.05, 0) is 48.2 Å². The molecular formula is C30H28N8O2. The minimum Gasteiger partial charge on any atom is -0.381 e. The van der Waals surface area contributed by atoms with Gasteiger partial charge in [0.15, 0.2) is 11.6 Å². The average Bonchev–Trinajstić information content (AvgIpc) is 3.53. The van der Waals surface area contributed by atoms with Gasteiger partial charge in [-0.25, -0.2) is 9.67 Å². The third-order valence-corrected chi connectivity index (χ3v) is 6.94. The summed E-state index contributed by atoms with van der Waals surface area (Å²) in [6.07, 6.45) is 8.14. The summed E-state index contributed by atoms with van der Waals surface area (Å²) in [6.45, 7) is 2.46. The standard InChI is InChI=1S/C30H28N8O2/c1-19(33-29(39)26-27(31)35-37-16-7-15-32-28(26)37)24-18-21-9-6-8-20(12-13-22-14-17-36(2)34-22)25(21)30(40)38(24)23-10-4-3-5-11-23/h3-6,8-15,17-19H,7,16H2,1-2H3,(H2,31,35)(H,33,39)/b13-12+. The molecule has 0 fully saturated rings. The molecule has 0 saturated heterocycles. The molecule has 1 amide bonds. The molecule has 0 radical (unpaired) electrons. The highest BCUT2D eigenvalue weighted by molar-refractivity contribution is 6.03. The van der Waals surface area contributed by atoms with Crippen molar-refractivity contribution in [2.75, 3.05) is 5.73 Å². The van der Waals surface area contributed by atoms with E-state index in [9.17, 15) is 9.59 Å². The molecule has 0 bridgehead atoms. The van der Waals surface area contributed by atoms with E-state index in [2.05, 4.69) is 20.5 Å². The number of aliphatic imine (C=N–C) groups is 1. The van der Waals surface area contributed by atoms with Gasteiger partial charge < -0.3 is 11.1 Å². The number of hydrogen-bond acceptors (Lipinski definition) is 6. The Morgan fingerprint density at radius 1 is 1.07 bits per heavy atom. The van der Waals surface area contributed by atoms with Gasteiger partial charge in [0.25, 0.3) is 11.5 Å². The highest BCUT2D eigenvalue weighted by Gasteiger charge is 2.26. The number of benzene rings is 2. The second-order valence-corrected chi connectivity index (χ2v) is 9.71. The lowest BCUT2D eigenvalue weighted by atomic mass is 10.0. The molecule has 2 aromatic carbocycles. The van der Waals surface area contributed by atoms with E-state index in [-0.39, 0.29) is 16.9 Å². The van der Waals surface area contributed by atoms with Crippen molar-refractivity contribution in [3.63, 3.8) is 0 Å². The lowest BCUT2D eigenvalue weighted by molar-refractivity contribution is 0.0940. The van der Waals surface area contributed by atoms with Crippen LogP contribution in [0.2, 0.25) is 0 Å². The topological polar surface area (TPSA) is 125 Å². The molecule has 1 aliphatic heterocycles. The number of para-hydroxylation sites is 1. The number of aromatic nitrogens is 5. The molecule has 4 heterocycles. The van der Waals surface area contributed by atoms with Gasteiger partial charge in [0.1, 0.15) is 5.56 Å². The van der Waals surface area contributed by atoms with E-state index >= 15 is 0 Å². The molecular weight excluding hydrogens is 504 g/mol. The van der Waals surface area contributed by atoms with Crippen LogP contribution in [0.1, 0.15) is 46.7 Å². The Bertz CT molecular complexity index is 1860. The van der Waals surface area contributed by atoms with E-state index in [1.54, 1.807) is 20.1 Å². The predicted molar refractivity (Wildman–Crippen MR) is 157 cm³/mol. The Morgan fingerprint density at radius 3 is 2.67 bits per heavy atom. The number of fused-ring (bicyclic) bond motifs is 2. The van der Waals surface area contributed by atoms with E-state index in [4.69, 9.17) is 5.73 Å². The maximum absolute atomic E-state index is 14.2. The van der Waals surface area contributed by atoms with E-state index in [0.29, 0.717) is 29.1 Å². The highest BCUT2D eigenvalue weighted by Crippen LogP contribution is 2.29. The molecule has 0 aliphatic carbocycles. The molecule has 200 valence electrons. The van der Waals surface area contributed by atoms with Gasteiger partial charge in [0.2, 0.25) is 0 Å². The Morgan fingerprint density at radius 2 is 1.90 bits per heavy atom. The number of amides is 1. The van der Waals surface area contributed by atoms with Gasteiger partial charge in [-0.1, -0.05) is 42.5 Å². The van der Waals surface area contributed by atoms with Crippen LogP contribution < -0.4 is 16.6 Å². The average molecular weight is 533 g/mol. The molecule has 10 nitrogen and oxygen atoms in total. The second kappa shape index (κ2) is 10.1. The van der Waals surface area contributed by atoms with Crippen LogP contribution in [-0.4, -0.2) is 36.2 Å². The summed E-state index contributed by atoms with van der Waals surface area (Å²) in [5.41, 5.74) is 9.05. The molecule has 0 saturated carbocycles. The molecule has 3 N–H and O–H groups in total. The van der Waals surface area contributed by atoms with Gasteiger partial charge in [0, 0.05) is 43.8 Å². The van der Waals surface area contributed by atoms with E-state index in [1.807, 2.05) is 93.0 Å². The molecule has 0 spiro atoms. The normalized spacial score (nSPS) is 13.6. The van der Waals surface area contributed by atoms with Crippen molar-refractivity contribution < 1.29 is 4.79 Å². The molecule has 1 unspecified atom stereocenters. The van der Waals surface area contributed by atoms with Crippen LogP contribution in [0.4, 0.5) is 11.6 Å². The second-order valence-electron chi connectivity index (χ2n) is 9.71. The first-order chi connectivity index (χ1) is 19.4. The highest BCUT2D eigenvalue weighted by atomic mass is 16.2. The summed E-state index contributed by atoms with van der Waals surface area (Å²) in [5.74, 6) is 0.170. The SMILES string of the molecule is CC(NC(=O)c1c(N)nn2c1N=CCC2)c1cc2cccc(/C=C/c3ccn(C)n3)c2c(=O)n1-c1ccccc1. The number of anilines is 1. The summed E-state index contributed by atoms with van der Waals surface area (Å²) in [7, 11) is 1.86. The van der Waals surface area contributed by atoms with Gasteiger partial charge >= 0.3 is 0 Å². The lowest BCUT2D eigenvalue weighted by Crippen LogP contribution is -2.32. The molecule has 40 heavy (non-hydrogen) atoms. The molecule has 3 aromatic heterocycles. The van der Waals surface area contributed by atoms with Crippen LogP contribution >= 0.6 is 0 Å². The molecule has 1 atom stereocenters. The number of pyridine rings is 1. The number of carbonyl (C=O) groups is 1. The van der Waals surface area contributed by atoms with Crippen molar-refractivity contribution in [1.82, 2.24) is 29.4 Å². The summed E-state index contributed by atoms with van der Waals surface area (Å²) in [5, 5.41) is 13.0. The minimum absolute atomic E-state index is 0.127. The fraction of sp³-hybridized carbons (Fsp3) is 0.167. The summed E-state index contributed by atoms with van der Waals surface area (Å²) >= 11 is 0. The quantitative estimate of drug-likeness (QED) is 0.338. The van der Waals surface area contributed by atoms with Crippen molar-refractivity contribution >= 4 is 46.7 Å². The van der Waals surface area contributed by atoms with Crippen molar-refractivity contribution in [2.45, 2.75) is 25.9 Å². The smallest absolute Gasteiger partial charge is 0.263 e. The fourth-order valence-electron chi connectivity index (χ4n) is 5.06.